The molecule has 2 unspecified atom stereocenters. The number of ether oxygens (including phenoxy) is 3. The van der Waals surface area contributed by atoms with E-state index in [-0.39, 0.29) is 26.7 Å². The summed E-state index contributed by atoms with van der Waals surface area (Å²) in [6, 6.07) is 3.00. The topological polar surface area (TPSA) is 91.3 Å². The molecule has 1 aliphatic rings. The summed E-state index contributed by atoms with van der Waals surface area (Å²) in [4.78, 5) is 41.9. The molecule has 0 radical (unpaired) electrons. The third kappa shape index (κ3) is 3.77. The van der Waals surface area contributed by atoms with Gasteiger partial charge < -0.3 is 14.2 Å². The van der Waals surface area contributed by atoms with Crippen LogP contribution in [0.3, 0.4) is 0 Å². The van der Waals surface area contributed by atoms with E-state index in [1.807, 2.05) is 0 Å². The maximum absolute atomic E-state index is 12.6. The van der Waals surface area contributed by atoms with Gasteiger partial charge in [-0.15, -0.1) is 0 Å². The molecular formula is C19H19Cl2NO6. The van der Waals surface area contributed by atoms with E-state index in [0.717, 1.165) is 0 Å². The van der Waals surface area contributed by atoms with E-state index in [0.29, 0.717) is 11.4 Å². The lowest BCUT2D eigenvalue weighted by Crippen LogP contribution is -2.36. The zero-order valence-corrected chi connectivity index (χ0v) is 17.5. The Kier molecular flexibility index (Phi) is 6.85. The van der Waals surface area contributed by atoms with Crippen LogP contribution in [0.4, 0.5) is 0 Å². The Morgan fingerprint density at radius 3 is 2.11 bits per heavy atom. The summed E-state index contributed by atoms with van der Waals surface area (Å²) in [6.07, 6.45) is 0. The highest BCUT2D eigenvalue weighted by Crippen LogP contribution is 2.44. The lowest BCUT2D eigenvalue weighted by molar-refractivity contribution is -0.143. The lowest BCUT2D eigenvalue weighted by Gasteiger charge is -2.32. The molecule has 2 rings (SSSR count). The van der Waals surface area contributed by atoms with Gasteiger partial charge >= 0.3 is 17.9 Å². The Labute approximate surface area is 172 Å². The Morgan fingerprint density at radius 2 is 1.57 bits per heavy atom. The fourth-order valence-electron chi connectivity index (χ4n) is 3.31. The van der Waals surface area contributed by atoms with Crippen molar-refractivity contribution in [2.45, 2.75) is 19.8 Å². The van der Waals surface area contributed by atoms with Crippen LogP contribution < -0.4 is 0 Å². The number of hydrogen-bond acceptors (Lipinski definition) is 7. The van der Waals surface area contributed by atoms with Crippen LogP contribution in [0.15, 0.2) is 28.4 Å². The molecule has 1 aliphatic heterocycles. The van der Waals surface area contributed by atoms with Gasteiger partial charge in [-0.05, 0) is 25.5 Å². The van der Waals surface area contributed by atoms with Gasteiger partial charge in [0, 0.05) is 17.3 Å². The molecular weight excluding hydrogens is 409 g/mol. The first-order valence-electron chi connectivity index (χ1n) is 8.17. The van der Waals surface area contributed by atoms with E-state index < -0.39 is 29.7 Å². The van der Waals surface area contributed by atoms with Crippen LogP contribution in [-0.4, -0.2) is 44.9 Å². The van der Waals surface area contributed by atoms with Crippen LogP contribution in [-0.2, 0) is 23.8 Å². The molecule has 1 aromatic carbocycles. The van der Waals surface area contributed by atoms with E-state index in [1.165, 1.54) is 33.5 Å². The Hall–Kier alpha value is -2.38. The van der Waals surface area contributed by atoms with E-state index >= 15 is 0 Å². The van der Waals surface area contributed by atoms with Crippen molar-refractivity contribution in [2.24, 2.45) is 10.9 Å². The van der Waals surface area contributed by atoms with Crippen molar-refractivity contribution in [1.29, 1.82) is 0 Å². The second-order valence-electron chi connectivity index (χ2n) is 6.04. The van der Waals surface area contributed by atoms with Crippen molar-refractivity contribution in [1.82, 2.24) is 0 Å². The number of esters is 3. The minimum absolute atomic E-state index is 0.0422. The van der Waals surface area contributed by atoms with Crippen LogP contribution in [0.1, 0.15) is 35.7 Å². The fourth-order valence-corrected chi connectivity index (χ4v) is 3.72. The second-order valence-corrected chi connectivity index (χ2v) is 6.82. The summed E-state index contributed by atoms with van der Waals surface area (Å²) in [5, 5.41) is 0.0821. The number of methoxy groups -OCH3 is 3. The van der Waals surface area contributed by atoms with Gasteiger partial charge in [0.05, 0.1) is 42.5 Å². The number of carbonyl (C=O) groups excluding carboxylic acids is 3. The molecule has 0 saturated heterocycles. The van der Waals surface area contributed by atoms with Gasteiger partial charge in [-0.3, -0.25) is 9.79 Å². The van der Waals surface area contributed by atoms with E-state index in [9.17, 15) is 14.4 Å². The zero-order chi connectivity index (χ0) is 21.2. The van der Waals surface area contributed by atoms with Gasteiger partial charge in [0.15, 0.2) is 0 Å². The molecule has 2 atom stereocenters. The van der Waals surface area contributed by atoms with Gasteiger partial charge in [0.2, 0.25) is 0 Å². The number of hydrogen-bond donors (Lipinski definition) is 0. The first-order valence-corrected chi connectivity index (χ1v) is 8.93. The number of aliphatic imine (C=N–C) groups is 1. The van der Waals surface area contributed by atoms with Crippen LogP contribution in [0.25, 0.3) is 0 Å². The Bertz CT molecular complexity index is 906. The number of rotatable bonds is 4. The number of benzene rings is 1. The van der Waals surface area contributed by atoms with Crippen molar-refractivity contribution in [3.05, 3.63) is 44.6 Å². The van der Waals surface area contributed by atoms with Crippen LogP contribution in [0.2, 0.25) is 10.0 Å². The van der Waals surface area contributed by atoms with Crippen molar-refractivity contribution < 1.29 is 28.6 Å². The van der Waals surface area contributed by atoms with Gasteiger partial charge in [-0.1, -0.05) is 29.3 Å². The summed E-state index contributed by atoms with van der Waals surface area (Å²) >= 11 is 12.4. The quantitative estimate of drug-likeness (QED) is 0.538. The van der Waals surface area contributed by atoms with Crippen molar-refractivity contribution in [3.63, 3.8) is 0 Å². The number of allylic oxidation sites excluding steroid dienone is 1. The molecule has 0 N–H and O–H groups in total. The second kappa shape index (κ2) is 8.75. The lowest BCUT2D eigenvalue weighted by atomic mass is 9.74. The number of carbonyl (C=O) groups is 3. The van der Waals surface area contributed by atoms with Crippen LogP contribution in [0.5, 0.6) is 0 Å². The molecule has 7 nitrogen and oxygen atoms in total. The molecule has 1 heterocycles. The molecule has 0 fully saturated rings. The van der Waals surface area contributed by atoms with E-state index in [1.54, 1.807) is 13.8 Å². The molecule has 0 saturated carbocycles. The molecule has 0 aromatic heterocycles. The van der Waals surface area contributed by atoms with Gasteiger partial charge in [0.25, 0.3) is 0 Å². The normalized spacial score (nSPS) is 19.0. The first kappa shape index (κ1) is 21.9. The highest BCUT2D eigenvalue weighted by atomic mass is 35.5. The SMILES string of the molecule is COC(=O)C1=C(C)N=C(C)C(C(=O)OC)C1c1ccc(Cl)c(Cl)c1C(=O)OC. The molecule has 1 aromatic rings. The monoisotopic (exact) mass is 427 g/mol. The molecule has 0 bridgehead atoms. The molecule has 9 heteroatoms. The van der Waals surface area contributed by atoms with Crippen LogP contribution >= 0.6 is 23.2 Å². The molecule has 28 heavy (non-hydrogen) atoms. The predicted octanol–water partition coefficient (Wildman–Crippen LogP) is 3.57. The van der Waals surface area contributed by atoms with Gasteiger partial charge in [-0.2, -0.15) is 0 Å². The minimum Gasteiger partial charge on any atom is -0.468 e. The fraction of sp³-hybridized carbons (Fsp3) is 0.368. The summed E-state index contributed by atoms with van der Waals surface area (Å²) in [5.74, 6) is -3.96. The van der Waals surface area contributed by atoms with Crippen molar-refractivity contribution >= 4 is 46.8 Å². The summed E-state index contributed by atoms with van der Waals surface area (Å²) in [7, 11) is 3.64. The van der Waals surface area contributed by atoms with Crippen molar-refractivity contribution in [2.75, 3.05) is 21.3 Å². The standard InChI is InChI=1S/C19H19Cl2NO6/c1-8-12(17(23)26-3)14(13(9(2)22-8)18(24)27-4)10-6-7-11(20)16(21)15(10)19(25)28-5/h6-7,12,14H,1-5H3. The number of halogens is 2. The molecule has 0 aliphatic carbocycles. The summed E-state index contributed by atoms with van der Waals surface area (Å²) in [5.41, 5.74) is 1.14. The molecule has 0 spiro atoms. The van der Waals surface area contributed by atoms with E-state index in [4.69, 9.17) is 37.4 Å². The van der Waals surface area contributed by atoms with Gasteiger partial charge in [0.1, 0.15) is 5.92 Å². The summed E-state index contributed by atoms with van der Waals surface area (Å²) in [6.45, 7) is 3.26. The maximum atomic E-state index is 12.6. The Balaban J connectivity index is 2.89. The highest BCUT2D eigenvalue weighted by molar-refractivity contribution is 6.44. The smallest absolute Gasteiger partial charge is 0.339 e. The average Bonchev–Trinajstić information content (AvgIpc) is 2.67. The minimum atomic E-state index is -0.969. The van der Waals surface area contributed by atoms with E-state index in [2.05, 4.69) is 4.99 Å². The highest BCUT2D eigenvalue weighted by Gasteiger charge is 2.44. The summed E-state index contributed by atoms with van der Waals surface area (Å²) < 4.78 is 14.7. The van der Waals surface area contributed by atoms with Crippen molar-refractivity contribution in [3.8, 4) is 0 Å². The molecule has 150 valence electrons. The average molecular weight is 428 g/mol. The maximum Gasteiger partial charge on any atom is 0.339 e. The third-order valence-electron chi connectivity index (χ3n) is 4.54. The number of nitrogens with zero attached hydrogens (tertiary/aromatic N) is 1. The predicted molar refractivity (Wildman–Crippen MR) is 104 cm³/mol. The van der Waals surface area contributed by atoms with Crippen LogP contribution in [0, 0.1) is 5.92 Å². The third-order valence-corrected chi connectivity index (χ3v) is 5.34. The van der Waals surface area contributed by atoms with Gasteiger partial charge in [-0.25, -0.2) is 9.59 Å². The Morgan fingerprint density at radius 1 is 0.964 bits per heavy atom. The largest absolute Gasteiger partial charge is 0.468 e. The first-order chi connectivity index (χ1) is 13.2. The zero-order valence-electron chi connectivity index (χ0n) is 16.0. The molecule has 0 amide bonds.